The number of amides is 3. The molecule has 318 valence electrons. The van der Waals surface area contributed by atoms with E-state index in [4.69, 9.17) is 21.6 Å². The molecule has 1 N–H and O–H groups in total. The molecule has 1 unspecified atom stereocenters. The van der Waals surface area contributed by atoms with Crippen LogP contribution < -0.4 is 15.0 Å². The van der Waals surface area contributed by atoms with Crippen molar-refractivity contribution in [2.45, 2.75) is 76.4 Å². The summed E-state index contributed by atoms with van der Waals surface area (Å²) in [7, 11) is 3.79. The average Bonchev–Trinajstić information content (AvgIpc) is 3.24. The first kappa shape index (κ1) is 44.5. The second-order valence-electron chi connectivity index (χ2n) is 17.2. The zero-order valence-corrected chi connectivity index (χ0v) is 35.7. The SMILES string of the molecule is CC(CCC(=O)NC=O)N(C)C(=O)c1cc(N2CC3(CC(CN4CCC(c5ccc(C=O)cc5)CC4)C3)C2)ccc1C=O.CN1CCC(Oc2ccc(C#N)c(Cl)c2)CC1. The predicted octanol–water partition coefficient (Wildman–Crippen LogP) is 6.61. The smallest absolute Gasteiger partial charge is 0.254 e. The minimum atomic E-state index is -0.383. The third-order valence-corrected chi connectivity index (χ3v) is 13.2. The summed E-state index contributed by atoms with van der Waals surface area (Å²) in [6, 6.07) is 20.5. The van der Waals surface area contributed by atoms with E-state index in [1.165, 1.54) is 18.4 Å². The number of benzene rings is 3. The molecule has 0 bridgehead atoms. The van der Waals surface area contributed by atoms with Gasteiger partial charge >= 0.3 is 0 Å². The number of rotatable bonds is 14. The molecule has 1 aliphatic carbocycles. The number of anilines is 1. The van der Waals surface area contributed by atoms with Gasteiger partial charge in [0.1, 0.15) is 24.2 Å². The monoisotopic (exact) mass is 836 g/mol. The van der Waals surface area contributed by atoms with Crippen molar-refractivity contribution < 1.29 is 28.7 Å². The molecule has 1 atom stereocenters. The van der Waals surface area contributed by atoms with Crippen molar-refractivity contribution in [1.29, 1.82) is 5.26 Å². The number of carbonyl (C=O) groups is 5. The summed E-state index contributed by atoms with van der Waals surface area (Å²) >= 11 is 5.96. The fourth-order valence-electron chi connectivity index (χ4n) is 9.20. The maximum absolute atomic E-state index is 13.3. The van der Waals surface area contributed by atoms with Gasteiger partial charge in [-0.25, -0.2) is 0 Å². The fraction of sp³-hybridized carbons (Fsp3) is 0.489. The highest BCUT2D eigenvalue weighted by Crippen LogP contribution is 2.53. The molecular formula is C47H57ClN6O6. The van der Waals surface area contributed by atoms with Crippen molar-refractivity contribution in [3.63, 3.8) is 0 Å². The van der Waals surface area contributed by atoms with E-state index < -0.39 is 0 Å². The van der Waals surface area contributed by atoms with E-state index in [2.05, 4.69) is 39.2 Å². The Morgan fingerprint density at radius 3 is 2.28 bits per heavy atom. The second kappa shape index (κ2) is 20.4. The Labute approximate surface area is 358 Å². The van der Waals surface area contributed by atoms with E-state index in [-0.39, 0.29) is 30.4 Å². The molecule has 0 radical (unpaired) electrons. The predicted molar refractivity (Wildman–Crippen MR) is 232 cm³/mol. The van der Waals surface area contributed by atoms with Gasteiger partial charge in [-0.15, -0.1) is 0 Å². The van der Waals surface area contributed by atoms with Crippen molar-refractivity contribution in [3.8, 4) is 11.8 Å². The lowest BCUT2D eigenvalue weighted by atomic mass is 9.57. The lowest BCUT2D eigenvalue weighted by molar-refractivity contribution is -0.125. The standard InChI is InChI=1S/C34H42N4O5.C13H15ClN2O/c1-24(3-10-32(42)35-23-41)36(2)33(43)31-15-30(9-8-29(31)20-40)38-21-34(22-38)16-26(17-34)18-37-13-11-28(12-14-37)27-6-4-25(19-39)5-7-27;1-16-6-4-11(5-7-16)17-12-3-2-10(9-15)13(14)8-12/h4-9,15,19-20,23-24,26,28H,3,10-14,16-18,21-22H2,1-2H3,(H,35,41,42);2-3,8,11H,4-7H2,1H3. The summed E-state index contributed by atoms with van der Waals surface area (Å²) in [5, 5.41) is 11.4. The van der Waals surface area contributed by atoms with E-state index in [0.29, 0.717) is 52.2 Å². The summed E-state index contributed by atoms with van der Waals surface area (Å²) in [6.45, 7) is 9.31. The summed E-state index contributed by atoms with van der Waals surface area (Å²) in [5.74, 6) is 1.41. The number of imide groups is 1. The van der Waals surface area contributed by atoms with E-state index in [0.717, 1.165) is 101 Å². The zero-order chi connectivity index (χ0) is 42.8. The Kier molecular flexibility index (Phi) is 15.2. The molecule has 60 heavy (non-hydrogen) atoms. The Morgan fingerprint density at radius 1 is 0.967 bits per heavy atom. The van der Waals surface area contributed by atoms with Gasteiger partial charge in [0, 0.05) is 80.5 Å². The molecule has 4 fully saturated rings. The van der Waals surface area contributed by atoms with Gasteiger partial charge in [-0.1, -0.05) is 35.9 Å². The average molecular weight is 837 g/mol. The number of ether oxygens (including phenoxy) is 1. The molecule has 13 heteroatoms. The molecule has 3 aliphatic heterocycles. The Bertz CT molecular complexity index is 2020. The molecule has 3 aromatic rings. The Morgan fingerprint density at radius 2 is 1.67 bits per heavy atom. The van der Waals surface area contributed by atoms with Crippen LogP contribution in [0.4, 0.5) is 5.69 Å². The molecule has 3 heterocycles. The van der Waals surface area contributed by atoms with Crippen LogP contribution in [0.25, 0.3) is 0 Å². The van der Waals surface area contributed by atoms with Gasteiger partial charge in [-0.3, -0.25) is 29.3 Å². The van der Waals surface area contributed by atoms with Crippen LogP contribution in [0.1, 0.15) is 106 Å². The second-order valence-corrected chi connectivity index (χ2v) is 17.6. The molecule has 1 saturated carbocycles. The van der Waals surface area contributed by atoms with Gasteiger partial charge < -0.3 is 24.3 Å². The van der Waals surface area contributed by atoms with Crippen LogP contribution in [0.2, 0.25) is 5.02 Å². The maximum Gasteiger partial charge on any atom is 0.254 e. The van der Waals surface area contributed by atoms with Gasteiger partial charge in [-0.05, 0) is 120 Å². The molecule has 3 amide bonds. The number of hydrogen-bond acceptors (Lipinski definition) is 10. The molecule has 7 rings (SSSR count). The van der Waals surface area contributed by atoms with Crippen molar-refractivity contribution in [2.75, 3.05) is 64.8 Å². The number of halogens is 1. The number of piperidine rings is 2. The molecule has 4 aliphatic rings. The van der Waals surface area contributed by atoms with Gasteiger partial charge in [0.15, 0.2) is 6.29 Å². The van der Waals surface area contributed by atoms with E-state index in [1.807, 2.05) is 43.3 Å². The number of nitrogens with one attached hydrogen (secondary N) is 1. The summed E-state index contributed by atoms with van der Waals surface area (Å²) < 4.78 is 5.86. The van der Waals surface area contributed by atoms with E-state index >= 15 is 0 Å². The van der Waals surface area contributed by atoms with E-state index in [1.54, 1.807) is 30.1 Å². The van der Waals surface area contributed by atoms with Gasteiger partial charge in [0.25, 0.3) is 5.91 Å². The van der Waals surface area contributed by atoms with Crippen LogP contribution in [0.3, 0.4) is 0 Å². The van der Waals surface area contributed by atoms with Crippen LogP contribution in [-0.2, 0) is 9.59 Å². The largest absolute Gasteiger partial charge is 0.490 e. The summed E-state index contributed by atoms with van der Waals surface area (Å²) in [4.78, 5) is 66.9. The topological polar surface area (TPSA) is 143 Å². The number of nitriles is 1. The quantitative estimate of drug-likeness (QED) is 0.177. The highest BCUT2D eigenvalue weighted by molar-refractivity contribution is 6.31. The minimum absolute atomic E-state index is 0.130. The first-order valence-corrected chi connectivity index (χ1v) is 21.5. The first-order valence-electron chi connectivity index (χ1n) is 21.1. The molecular weight excluding hydrogens is 780 g/mol. The van der Waals surface area contributed by atoms with Crippen LogP contribution >= 0.6 is 11.6 Å². The molecule has 1 spiro atoms. The third kappa shape index (κ3) is 11.2. The normalized spacial score (nSPS) is 18.8. The maximum atomic E-state index is 13.3. The number of nitrogens with zero attached hydrogens (tertiary/aromatic N) is 5. The Hall–Kier alpha value is -5.09. The summed E-state index contributed by atoms with van der Waals surface area (Å²) in [6.07, 6.45) is 9.61. The van der Waals surface area contributed by atoms with Crippen molar-refractivity contribution in [2.24, 2.45) is 11.3 Å². The number of aldehydes is 2. The van der Waals surface area contributed by atoms with Crippen LogP contribution in [-0.4, -0.2) is 118 Å². The summed E-state index contributed by atoms with van der Waals surface area (Å²) in [5.41, 5.74) is 4.59. The molecule has 3 aromatic carbocycles. The van der Waals surface area contributed by atoms with Crippen LogP contribution in [0.15, 0.2) is 60.7 Å². The number of hydrogen-bond donors (Lipinski definition) is 1. The van der Waals surface area contributed by atoms with Crippen molar-refractivity contribution in [3.05, 3.63) is 93.5 Å². The molecule has 0 aromatic heterocycles. The lowest BCUT2D eigenvalue weighted by Crippen LogP contribution is -2.63. The number of carbonyl (C=O) groups excluding carboxylic acids is 5. The highest BCUT2D eigenvalue weighted by atomic mass is 35.5. The molecule has 3 saturated heterocycles. The first-order chi connectivity index (χ1) is 28.9. The van der Waals surface area contributed by atoms with Crippen LogP contribution in [0, 0.1) is 22.7 Å². The fourth-order valence-corrected chi connectivity index (χ4v) is 9.42. The van der Waals surface area contributed by atoms with Crippen molar-refractivity contribution >= 4 is 48.1 Å². The van der Waals surface area contributed by atoms with Gasteiger partial charge in [-0.2, -0.15) is 5.26 Å². The zero-order valence-electron chi connectivity index (χ0n) is 35.0. The van der Waals surface area contributed by atoms with Gasteiger partial charge in [0.2, 0.25) is 12.3 Å². The number of likely N-dealkylation sites (tertiary alicyclic amines) is 2. The van der Waals surface area contributed by atoms with Crippen LogP contribution in [0.5, 0.6) is 5.75 Å². The minimum Gasteiger partial charge on any atom is -0.490 e. The van der Waals surface area contributed by atoms with Gasteiger partial charge in [0.05, 0.1) is 16.1 Å². The lowest BCUT2D eigenvalue weighted by Gasteiger charge is -2.60. The van der Waals surface area contributed by atoms with Crippen molar-refractivity contribution in [1.82, 2.24) is 20.0 Å². The Balaban J connectivity index is 0.000000296. The third-order valence-electron chi connectivity index (χ3n) is 12.9. The molecule has 12 nitrogen and oxygen atoms in total. The van der Waals surface area contributed by atoms with E-state index in [9.17, 15) is 24.0 Å². The highest BCUT2D eigenvalue weighted by Gasteiger charge is 2.52.